The van der Waals surface area contributed by atoms with Gasteiger partial charge in [-0.2, -0.15) is 0 Å². The van der Waals surface area contributed by atoms with E-state index in [1.54, 1.807) is 0 Å². The van der Waals surface area contributed by atoms with Crippen LogP contribution in [0.5, 0.6) is 11.5 Å². The number of carbonyl (C=O) groups excluding carboxylic acids is 1. The molecule has 1 aromatic carbocycles. The van der Waals surface area contributed by atoms with Gasteiger partial charge < -0.3 is 14.8 Å². The normalized spacial score (nSPS) is 17.9. The van der Waals surface area contributed by atoms with Gasteiger partial charge in [-0.3, -0.25) is 9.69 Å². The first kappa shape index (κ1) is 19.5. The van der Waals surface area contributed by atoms with Gasteiger partial charge in [-0.15, -0.1) is 0 Å². The van der Waals surface area contributed by atoms with E-state index >= 15 is 0 Å². The Morgan fingerprint density at radius 3 is 2.58 bits per heavy atom. The third-order valence-electron chi connectivity index (χ3n) is 5.14. The molecule has 0 aliphatic carbocycles. The number of ether oxygens (including phenoxy) is 2. The van der Waals surface area contributed by atoms with E-state index in [2.05, 4.69) is 39.1 Å². The van der Waals surface area contributed by atoms with Gasteiger partial charge in [0.2, 0.25) is 5.91 Å². The molecule has 0 unspecified atom stereocenters. The standard InChI is InChI=1S/C20H29BrN2O3/c1-2-3-4-7-22-20(24)15-5-8-23(9-6-15)14-16-12-18-19(13-17(16)21)26-11-10-25-18/h12-13,15H,2-11,14H2,1H3,(H,22,24). The quantitative estimate of drug-likeness (QED) is 0.677. The van der Waals surface area contributed by atoms with Crippen molar-refractivity contribution in [1.82, 2.24) is 10.2 Å². The van der Waals surface area contributed by atoms with Crippen molar-refractivity contribution >= 4 is 21.8 Å². The van der Waals surface area contributed by atoms with Crippen molar-refractivity contribution in [1.29, 1.82) is 0 Å². The van der Waals surface area contributed by atoms with Crippen molar-refractivity contribution in [2.45, 2.75) is 45.6 Å². The molecule has 1 saturated heterocycles. The molecule has 6 heteroatoms. The largest absolute Gasteiger partial charge is 0.486 e. The molecule has 0 spiro atoms. The number of halogens is 1. The van der Waals surface area contributed by atoms with Gasteiger partial charge in [0.15, 0.2) is 11.5 Å². The molecule has 2 aliphatic heterocycles. The molecule has 1 aromatic rings. The predicted molar refractivity (Wildman–Crippen MR) is 106 cm³/mol. The summed E-state index contributed by atoms with van der Waals surface area (Å²) >= 11 is 3.65. The second-order valence-corrected chi connectivity index (χ2v) is 7.99. The Morgan fingerprint density at radius 1 is 1.19 bits per heavy atom. The van der Waals surface area contributed by atoms with E-state index < -0.39 is 0 Å². The summed E-state index contributed by atoms with van der Waals surface area (Å²) in [5, 5.41) is 3.10. The third kappa shape index (κ3) is 5.13. The fraction of sp³-hybridized carbons (Fsp3) is 0.650. The first-order valence-electron chi connectivity index (χ1n) is 9.75. The number of benzene rings is 1. The van der Waals surface area contributed by atoms with E-state index in [0.29, 0.717) is 13.2 Å². The third-order valence-corrected chi connectivity index (χ3v) is 5.88. The summed E-state index contributed by atoms with van der Waals surface area (Å²) in [6.07, 6.45) is 5.32. The van der Waals surface area contributed by atoms with Gasteiger partial charge in [-0.1, -0.05) is 35.7 Å². The maximum Gasteiger partial charge on any atom is 0.223 e. The number of fused-ring (bicyclic) bond motifs is 1. The molecule has 0 saturated carbocycles. The number of amides is 1. The second kappa shape index (κ2) is 9.60. The van der Waals surface area contributed by atoms with E-state index in [4.69, 9.17) is 9.47 Å². The Morgan fingerprint density at radius 2 is 1.88 bits per heavy atom. The molecule has 0 radical (unpaired) electrons. The van der Waals surface area contributed by atoms with Crippen molar-refractivity contribution < 1.29 is 14.3 Å². The van der Waals surface area contributed by atoms with Gasteiger partial charge in [0.25, 0.3) is 0 Å². The number of nitrogens with zero attached hydrogens (tertiary/aromatic N) is 1. The van der Waals surface area contributed by atoms with Crippen LogP contribution in [0.15, 0.2) is 16.6 Å². The molecular weight excluding hydrogens is 396 g/mol. The minimum absolute atomic E-state index is 0.164. The fourth-order valence-corrected chi connectivity index (χ4v) is 4.00. The summed E-state index contributed by atoms with van der Waals surface area (Å²) in [5.74, 6) is 2.04. The van der Waals surface area contributed by atoms with Gasteiger partial charge >= 0.3 is 0 Å². The van der Waals surface area contributed by atoms with Gasteiger partial charge in [0.05, 0.1) is 0 Å². The van der Waals surface area contributed by atoms with Gasteiger partial charge in [0.1, 0.15) is 13.2 Å². The van der Waals surface area contributed by atoms with Crippen LogP contribution < -0.4 is 14.8 Å². The summed E-state index contributed by atoms with van der Waals surface area (Å²) in [6, 6.07) is 4.07. The number of piperidine rings is 1. The average molecular weight is 425 g/mol. The number of rotatable bonds is 7. The second-order valence-electron chi connectivity index (χ2n) is 7.14. The Hall–Kier alpha value is -1.27. The lowest BCUT2D eigenvalue weighted by Gasteiger charge is -2.32. The highest BCUT2D eigenvalue weighted by molar-refractivity contribution is 9.10. The Bertz CT molecular complexity index is 615. The Kier molecular flexibility index (Phi) is 7.20. The van der Waals surface area contributed by atoms with Crippen LogP contribution in [-0.2, 0) is 11.3 Å². The van der Waals surface area contributed by atoms with Gasteiger partial charge in [-0.05, 0) is 50.0 Å². The molecule has 26 heavy (non-hydrogen) atoms. The number of unbranched alkanes of at least 4 members (excludes halogenated alkanes) is 2. The summed E-state index contributed by atoms with van der Waals surface area (Å²) < 4.78 is 12.4. The number of hydrogen-bond donors (Lipinski definition) is 1. The highest BCUT2D eigenvalue weighted by atomic mass is 79.9. The van der Waals surface area contributed by atoms with Crippen LogP contribution in [-0.4, -0.2) is 43.7 Å². The molecule has 1 fully saturated rings. The van der Waals surface area contributed by atoms with E-state index in [1.807, 2.05) is 6.07 Å². The highest BCUT2D eigenvalue weighted by Gasteiger charge is 2.25. The topological polar surface area (TPSA) is 50.8 Å². The molecule has 5 nitrogen and oxygen atoms in total. The molecule has 144 valence electrons. The van der Waals surface area contributed by atoms with Crippen molar-refractivity contribution in [3.8, 4) is 11.5 Å². The van der Waals surface area contributed by atoms with E-state index in [0.717, 1.165) is 61.4 Å². The molecule has 1 N–H and O–H groups in total. The lowest BCUT2D eigenvalue weighted by atomic mass is 9.95. The summed E-state index contributed by atoms with van der Waals surface area (Å²) in [6.45, 7) is 6.97. The molecular formula is C20H29BrN2O3. The summed E-state index contributed by atoms with van der Waals surface area (Å²) in [7, 11) is 0. The smallest absolute Gasteiger partial charge is 0.223 e. The van der Waals surface area contributed by atoms with Crippen molar-refractivity contribution in [3.63, 3.8) is 0 Å². The van der Waals surface area contributed by atoms with Crippen LogP contribution in [0, 0.1) is 5.92 Å². The zero-order valence-electron chi connectivity index (χ0n) is 15.6. The van der Waals surface area contributed by atoms with Crippen LogP contribution in [0.2, 0.25) is 0 Å². The van der Waals surface area contributed by atoms with Crippen LogP contribution in [0.4, 0.5) is 0 Å². The van der Waals surface area contributed by atoms with Crippen LogP contribution in [0.3, 0.4) is 0 Å². The van der Waals surface area contributed by atoms with Crippen molar-refractivity contribution in [2.24, 2.45) is 5.92 Å². The maximum atomic E-state index is 12.3. The van der Waals surface area contributed by atoms with Crippen LogP contribution in [0.1, 0.15) is 44.6 Å². The Labute approximate surface area is 164 Å². The molecule has 3 rings (SSSR count). The van der Waals surface area contributed by atoms with E-state index in [1.165, 1.54) is 18.4 Å². The monoisotopic (exact) mass is 424 g/mol. The van der Waals surface area contributed by atoms with E-state index in [-0.39, 0.29) is 11.8 Å². The summed E-state index contributed by atoms with van der Waals surface area (Å²) in [5.41, 5.74) is 1.21. The highest BCUT2D eigenvalue weighted by Crippen LogP contribution is 2.36. The number of carbonyl (C=O) groups is 1. The lowest BCUT2D eigenvalue weighted by molar-refractivity contribution is -0.126. The Balaban J connectivity index is 1.47. The van der Waals surface area contributed by atoms with Crippen LogP contribution in [0.25, 0.3) is 0 Å². The molecule has 0 atom stereocenters. The molecule has 2 aliphatic rings. The number of nitrogens with one attached hydrogen (secondary N) is 1. The SMILES string of the molecule is CCCCCNC(=O)C1CCN(Cc2cc3c(cc2Br)OCCO3)CC1. The average Bonchev–Trinajstić information content (AvgIpc) is 2.66. The zero-order valence-corrected chi connectivity index (χ0v) is 17.1. The lowest BCUT2D eigenvalue weighted by Crippen LogP contribution is -2.40. The van der Waals surface area contributed by atoms with Crippen LogP contribution >= 0.6 is 15.9 Å². The van der Waals surface area contributed by atoms with Crippen molar-refractivity contribution in [3.05, 3.63) is 22.2 Å². The minimum atomic E-state index is 0.164. The fourth-order valence-electron chi connectivity index (χ4n) is 3.55. The first-order valence-corrected chi connectivity index (χ1v) is 10.5. The predicted octanol–water partition coefficient (Wildman–Crippen LogP) is 3.74. The first-order chi connectivity index (χ1) is 12.7. The zero-order chi connectivity index (χ0) is 18.4. The van der Waals surface area contributed by atoms with E-state index in [9.17, 15) is 4.79 Å². The molecule has 1 amide bonds. The molecule has 2 heterocycles. The van der Waals surface area contributed by atoms with Gasteiger partial charge in [0, 0.05) is 23.5 Å². The van der Waals surface area contributed by atoms with Gasteiger partial charge in [-0.25, -0.2) is 0 Å². The van der Waals surface area contributed by atoms with Crippen molar-refractivity contribution in [2.75, 3.05) is 32.8 Å². The molecule has 0 aromatic heterocycles. The maximum absolute atomic E-state index is 12.3. The number of hydrogen-bond acceptors (Lipinski definition) is 4. The number of likely N-dealkylation sites (tertiary alicyclic amines) is 1. The minimum Gasteiger partial charge on any atom is -0.486 e. The molecule has 0 bridgehead atoms. The summed E-state index contributed by atoms with van der Waals surface area (Å²) in [4.78, 5) is 14.7.